The van der Waals surface area contributed by atoms with Gasteiger partial charge in [0, 0.05) is 0 Å². The van der Waals surface area contributed by atoms with Crippen LogP contribution in [0.1, 0.15) is 24.7 Å². The lowest BCUT2D eigenvalue weighted by Gasteiger charge is -2.07. The highest BCUT2D eigenvalue weighted by Gasteiger charge is 2.21. The summed E-state index contributed by atoms with van der Waals surface area (Å²) in [6.07, 6.45) is 3.97. The Morgan fingerprint density at radius 2 is 2.21 bits per heavy atom. The van der Waals surface area contributed by atoms with Gasteiger partial charge in [0.05, 0.1) is 16.0 Å². The van der Waals surface area contributed by atoms with E-state index in [4.69, 9.17) is 4.74 Å². The van der Waals surface area contributed by atoms with Crippen LogP contribution in [0.3, 0.4) is 0 Å². The average Bonchev–Trinajstić information content (AvgIpc) is 2.51. The normalized spacial score (nSPS) is 10.9. The molecule has 2 rings (SSSR count). The lowest BCUT2D eigenvalue weighted by atomic mass is 10.2. The van der Waals surface area contributed by atoms with Crippen LogP contribution in [0, 0.1) is 10.1 Å². The second kappa shape index (κ2) is 7.73. The Morgan fingerprint density at radius 1 is 1.46 bits per heavy atom. The molecule has 0 bridgehead atoms. The van der Waals surface area contributed by atoms with Crippen LogP contribution in [-0.2, 0) is 0 Å². The highest BCUT2D eigenvalue weighted by molar-refractivity contribution is 9.10. The van der Waals surface area contributed by atoms with E-state index in [2.05, 4.69) is 25.9 Å². The number of aromatic nitrogens is 2. The van der Waals surface area contributed by atoms with Crippen LogP contribution in [-0.4, -0.2) is 26.6 Å². The van der Waals surface area contributed by atoms with Crippen molar-refractivity contribution in [3.05, 3.63) is 54.5 Å². The highest BCUT2D eigenvalue weighted by atomic mass is 79.9. The number of nitro groups is 1. The minimum atomic E-state index is -1.02. The van der Waals surface area contributed by atoms with Crippen LogP contribution in [0.5, 0.6) is 11.6 Å². The number of aromatic hydroxyl groups is 1. The van der Waals surface area contributed by atoms with E-state index in [0.29, 0.717) is 12.4 Å². The van der Waals surface area contributed by atoms with Crippen molar-refractivity contribution < 1.29 is 14.8 Å². The molecule has 0 unspecified atom stereocenters. The van der Waals surface area contributed by atoms with E-state index in [1.54, 1.807) is 18.2 Å². The van der Waals surface area contributed by atoms with Crippen molar-refractivity contribution in [3.8, 4) is 11.6 Å². The molecule has 0 aliphatic carbocycles. The van der Waals surface area contributed by atoms with Gasteiger partial charge in [-0.2, -0.15) is 4.98 Å². The maximum absolute atomic E-state index is 11.6. The molecule has 0 atom stereocenters. The first kappa shape index (κ1) is 17.7. The highest BCUT2D eigenvalue weighted by Crippen LogP contribution is 2.27. The second-order valence-corrected chi connectivity index (χ2v) is 5.61. The maximum atomic E-state index is 11.6. The van der Waals surface area contributed by atoms with Gasteiger partial charge in [-0.25, -0.2) is 0 Å². The van der Waals surface area contributed by atoms with Gasteiger partial charge in [0.1, 0.15) is 11.6 Å². The van der Waals surface area contributed by atoms with Gasteiger partial charge in [-0.1, -0.05) is 19.1 Å². The van der Waals surface area contributed by atoms with Crippen LogP contribution in [0.2, 0.25) is 0 Å². The molecule has 0 radical (unpaired) electrons. The Kier molecular flexibility index (Phi) is 5.69. The summed E-state index contributed by atoms with van der Waals surface area (Å²) in [5, 5.41) is 20.1. The van der Waals surface area contributed by atoms with Crippen LogP contribution in [0.15, 0.2) is 27.5 Å². The zero-order valence-electron chi connectivity index (χ0n) is 12.7. The van der Waals surface area contributed by atoms with E-state index < -0.39 is 22.0 Å². The van der Waals surface area contributed by atoms with E-state index in [1.165, 1.54) is 6.08 Å². The predicted molar refractivity (Wildman–Crippen MR) is 92.0 cm³/mol. The van der Waals surface area contributed by atoms with Gasteiger partial charge in [-0.3, -0.25) is 14.9 Å². The summed E-state index contributed by atoms with van der Waals surface area (Å²) in [5.41, 5.74) is -1.21. The van der Waals surface area contributed by atoms with E-state index in [-0.39, 0.29) is 5.82 Å². The molecule has 0 saturated carbocycles. The Morgan fingerprint density at radius 3 is 2.79 bits per heavy atom. The first-order chi connectivity index (χ1) is 11.4. The minimum absolute atomic E-state index is 0.00512. The van der Waals surface area contributed by atoms with Crippen LogP contribution in [0.25, 0.3) is 12.2 Å². The van der Waals surface area contributed by atoms with Crippen LogP contribution in [0.4, 0.5) is 5.69 Å². The summed E-state index contributed by atoms with van der Waals surface area (Å²) >= 11 is 3.40. The number of hydrogen-bond donors (Lipinski definition) is 2. The molecule has 0 spiro atoms. The number of nitrogens with zero attached hydrogens (tertiary/aromatic N) is 2. The average molecular weight is 396 g/mol. The minimum Gasteiger partial charge on any atom is -0.492 e. The Labute approximate surface area is 145 Å². The number of rotatable bonds is 6. The van der Waals surface area contributed by atoms with Crippen molar-refractivity contribution in [2.45, 2.75) is 13.3 Å². The monoisotopic (exact) mass is 395 g/mol. The molecule has 1 aromatic carbocycles. The van der Waals surface area contributed by atoms with Crippen LogP contribution >= 0.6 is 15.9 Å². The molecular formula is C15H14BrN3O5. The summed E-state index contributed by atoms with van der Waals surface area (Å²) in [6, 6.07) is 5.41. The van der Waals surface area contributed by atoms with Crippen molar-refractivity contribution in [2.75, 3.05) is 6.61 Å². The predicted octanol–water partition coefficient (Wildman–Crippen LogP) is 3.11. The van der Waals surface area contributed by atoms with Crippen molar-refractivity contribution >= 4 is 33.8 Å². The van der Waals surface area contributed by atoms with Gasteiger partial charge in [0.25, 0.3) is 5.88 Å². The molecule has 2 aromatic rings. The summed E-state index contributed by atoms with van der Waals surface area (Å²) < 4.78 is 6.31. The van der Waals surface area contributed by atoms with Gasteiger partial charge in [-0.05, 0) is 46.1 Å². The Balaban J connectivity index is 2.24. The van der Waals surface area contributed by atoms with Gasteiger partial charge >= 0.3 is 11.2 Å². The first-order valence-electron chi connectivity index (χ1n) is 7.00. The second-order valence-electron chi connectivity index (χ2n) is 4.75. The first-order valence-corrected chi connectivity index (χ1v) is 7.79. The van der Waals surface area contributed by atoms with Gasteiger partial charge in [0.2, 0.25) is 0 Å². The molecule has 2 N–H and O–H groups in total. The van der Waals surface area contributed by atoms with Crippen molar-refractivity contribution in [3.63, 3.8) is 0 Å². The van der Waals surface area contributed by atoms with Crippen molar-refractivity contribution in [2.24, 2.45) is 0 Å². The SMILES string of the molecule is CCCOc1ccc(/C=C/c2nc(O)c([N+](=O)[O-])c(=O)[nH]2)cc1Br. The van der Waals surface area contributed by atoms with E-state index in [1.807, 2.05) is 13.0 Å². The molecule has 1 aromatic heterocycles. The quantitative estimate of drug-likeness (QED) is 0.572. The van der Waals surface area contributed by atoms with E-state index in [0.717, 1.165) is 16.5 Å². The fourth-order valence-electron chi connectivity index (χ4n) is 1.84. The molecule has 0 aliphatic heterocycles. The largest absolute Gasteiger partial charge is 0.492 e. The molecule has 0 aliphatic rings. The number of H-pyrrole nitrogens is 1. The molecule has 24 heavy (non-hydrogen) atoms. The zero-order valence-corrected chi connectivity index (χ0v) is 14.2. The van der Waals surface area contributed by atoms with Crippen LogP contribution < -0.4 is 10.3 Å². The molecule has 0 fully saturated rings. The third-order valence-corrected chi connectivity index (χ3v) is 3.55. The van der Waals surface area contributed by atoms with E-state index in [9.17, 15) is 20.0 Å². The number of hydrogen-bond acceptors (Lipinski definition) is 6. The van der Waals surface area contributed by atoms with E-state index >= 15 is 0 Å². The lowest BCUT2D eigenvalue weighted by molar-refractivity contribution is -0.387. The molecule has 0 amide bonds. The standard InChI is InChI=1S/C15H14BrN3O5/c1-2-7-24-11-5-3-9(8-10(11)16)4-6-12-17-14(20)13(19(22)23)15(21)18-12/h3-6,8H,2,7H2,1H3,(H2,17,18,20,21)/b6-4+. The Bertz CT molecular complexity index is 847. The van der Waals surface area contributed by atoms with Gasteiger partial charge in [-0.15, -0.1) is 0 Å². The molecule has 9 heteroatoms. The summed E-state index contributed by atoms with van der Waals surface area (Å²) in [7, 11) is 0. The molecule has 8 nitrogen and oxygen atoms in total. The number of halogens is 1. The number of aromatic amines is 1. The Hall–Kier alpha value is -2.68. The van der Waals surface area contributed by atoms with Crippen molar-refractivity contribution in [1.29, 1.82) is 0 Å². The summed E-state index contributed by atoms with van der Waals surface area (Å²) in [4.78, 5) is 27.0. The smallest absolute Gasteiger partial charge is 0.395 e. The molecule has 0 saturated heterocycles. The summed E-state index contributed by atoms with van der Waals surface area (Å²) in [5.74, 6) is -0.202. The topological polar surface area (TPSA) is 118 Å². The van der Waals surface area contributed by atoms with Gasteiger partial charge < -0.3 is 14.8 Å². The molecule has 1 heterocycles. The zero-order chi connectivity index (χ0) is 17.7. The summed E-state index contributed by atoms with van der Waals surface area (Å²) in [6.45, 7) is 2.62. The maximum Gasteiger partial charge on any atom is 0.395 e. The fraction of sp³-hybridized carbons (Fsp3) is 0.200. The number of benzene rings is 1. The van der Waals surface area contributed by atoms with Gasteiger partial charge in [0.15, 0.2) is 0 Å². The lowest BCUT2D eigenvalue weighted by Crippen LogP contribution is -2.14. The third-order valence-electron chi connectivity index (χ3n) is 2.93. The third kappa shape index (κ3) is 4.19. The molecular weight excluding hydrogens is 382 g/mol. The fourth-order valence-corrected chi connectivity index (χ4v) is 2.35. The van der Waals surface area contributed by atoms with Crippen molar-refractivity contribution in [1.82, 2.24) is 9.97 Å². The number of nitrogens with one attached hydrogen (secondary N) is 1. The number of ether oxygens (including phenoxy) is 1. The molecule has 126 valence electrons.